The molecule has 0 spiro atoms. The normalized spacial score (nSPS) is 14.2. The highest BCUT2D eigenvalue weighted by Crippen LogP contribution is 2.44. The Morgan fingerprint density at radius 2 is 1.55 bits per heavy atom. The van der Waals surface area contributed by atoms with E-state index in [0.717, 1.165) is 22.3 Å². The molecular weight excluding hydrogens is 422 g/mol. The smallest absolute Gasteiger partial charge is 0.407 e. The lowest BCUT2D eigenvalue weighted by atomic mass is 9.98. The largest absolute Gasteiger partial charge is 0.480 e. The van der Waals surface area contributed by atoms with Crippen LogP contribution in [0.4, 0.5) is 4.79 Å². The lowest BCUT2D eigenvalue weighted by molar-refractivity contribution is -0.142. The average Bonchev–Trinajstić information content (AvgIpc) is 3.10. The molecule has 0 radical (unpaired) electrons. The summed E-state index contributed by atoms with van der Waals surface area (Å²) >= 11 is 0. The van der Waals surface area contributed by atoms with E-state index in [1.807, 2.05) is 43.3 Å². The zero-order valence-corrected chi connectivity index (χ0v) is 19.2. The van der Waals surface area contributed by atoms with Crippen LogP contribution in [0.1, 0.15) is 36.8 Å². The van der Waals surface area contributed by atoms with E-state index in [1.54, 1.807) is 19.0 Å². The Hall–Kier alpha value is -3.39. The van der Waals surface area contributed by atoms with Gasteiger partial charge in [0.2, 0.25) is 5.91 Å². The molecule has 0 fully saturated rings. The second-order valence-electron chi connectivity index (χ2n) is 8.47. The Bertz CT molecular complexity index is 962. The van der Waals surface area contributed by atoms with E-state index in [2.05, 4.69) is 22.8 Å². The van der Waals surface area contributed by atoms with Gasteiger partial charge in [0, 0.05) is 12.5 Å². The summed E-state index contributed by atoms with van der Waals surface area (Å²) in [5, 5.41) is 14.4. The third-order valence-corrected chi connectivity index (χ3v) is 5.69. The van der Waals surface area contributed by atoms with E-state index in [1.165, 1.54) is 0 Å². The highest BCUT2D eigenvalue weighted by Gasteiger charge is 2.30. The van der Waals surface area contributed by atoms with E-state index in [4.69, 9.17) is 4.74 Å². The number of hydrogen-bond donors (Lipinski definition) is 3. The number of alkyl carbamates (subject to hydrolysis) is 1. The van der Waals surface area contributed by atoms with Gasteiger partial charge in [-0.1, -0.05) is 61.9 Å². The van der Waals surface area contributed by atoms with Crippen molar-refractivity contribution in [1.29, 1.82) is 0 Å². The van der Waals surface area contributed by atoms with Crippen LogP contribution in [0.25, 0.3) is 11.1 Å². The van der Waals surface area contributed by atoms with Crippen LogP contribution in [0, 0.1) is 0 Å². The molecule has 33 heavy (non-hydrogen) atoms. The molecule has 2 aromatic carbocycles. The number of nitrogens with one attached hydrogen (secondary N) is 2. The number of carboxylic acid groups (broad SMARTS) is 1. The molecule has 0 aliphatic heterocycles. The topological polar surface area (TPSA) is 108 Å². The molecule has 0 aromatic heterocycles. The second kappa shape index (κ2) is 11.0. The summed E-state index contributed by atoms with van der Waals surface area (Å²) in [7, 11) is 3.53. The van der Waals surface area contributed by atoms with Crippen molar-refractivity contribution in [2.24, 2.45) is 0 Å². The highest BCUT2D eigenvalue weighted by molar-refractivity contribution is 5.89. The minimum absolute atomic E-state index is 0.0924. The van der Waals surface area contributed by atoms with E-state index < -0.39 is 30.1 Å². The van der Waals surface area contributed by atoms with Gasteiger partial charge >= 0.3 is 12.1 Å². The van der Waals surface area contributed by atoms with Gasteiger partial charge < -0.3 is 25.4 Å². The molecule has 0 bridgehead atoms. The number of nitrogens with zero attached hydrogens (tertiary/aromatic N) is 1. The Balaban J connectivity index is 1.66. The molecule has 3 rings (SSSR count). The zero-order valence-electron chi connectivity index (χ0n) is 19.2. The van der Waals surface area contributed by atoms with Crippen LogP contribution in [-0.4, -0.2) is 67.3 Å². The molecule has 8 heteroatoms. The van der Waals surface area contributed by atoms with Gasteiger partial charge in [0.1, 0.15) is 18.7 Å². The molecule has 3 N–H and O–H groups in total. The molecule has 2 amide bonds. The van der Waals surface area contributed by atoms with Gasteiger partial charge in [0.15, 0.2) is 0 Å². The fourth-order valence-electron chi connectivity index (χ4n) is 4.16. The average molecular weight is 454 g/mol. The van der Waals surface area contributed by atoms with Crippen LogP contribution in [0.2, 0.25) is 0 Å². The summed E-state index contributed by atoms with van der Waals surface area (Å²) in [4.78, 5) is 38.5. The molecule has 0 unspecified atom stereocenters. The van der Waals surface area contributed by atoms with Crippen LogP contribution in [0.5, 0.6) is 0 Å². The number of likely N-dealkylation sites (N-methyl/N-ethyl adjacent to an activating group) is 1. The fraction of sp³-hybridized carbons (Fsp3) is 0.400. The van der Waals surface area contributed by atoms with E-state index >= 15 is 0 Å². The lowest BCUT2D eigenvalue weighted by Crippen LogP contribution is -2.55. The molecular formula is C25H31N3O5. The number of carboxylic acids is 1. The number of rotatable bonds is 10. The number of aliphatic carboxylic acids is 1. The van der Waals surface area contributed by atoms with Crippen LogP contribution >= 0.6 is 0 Å². The predicted octanol–water partition coefficient (Wildman–Crippen LogP) is 2.82. The predicted molar refractivity (Wildman–Crippen MR) is 125 cm³/mol. The van der Waals surface area contributed by atoms with Gasteiger partial charge in [-0.3, -0.25) is 4.79 Å². The first-order valence-corrected chi connectivity index (χ1v) is 11.1. The van der Waals surface area contributed by atoms with Gasteiger partial charge in [0.25, 0.3) is 0 Å². The highest BCUT2D eigenvalue weighted by atomic mass is 16.5. The van der Waals surface area contributed by atoms with Gasteiger partial charge in [-0.15, -0.1) is 0 Å². The van der Waals surface area contributed by atoms with Crippen molar-refractivity contribution in [1.82, 2.24) is 15.5 Å². The first kappa shape index (κ1) is 24.3. The quantitative estimate of drug-likeness (QED) is 0.511. The monoisotopic (exact) mass is 453 g/mol. The zero-order chi connectivity index (χ0) is 24.0. The van der Waals surface area contributed by atoms with Crippen molar-refractivity contribution in [3.8, 4) is 11.1 Å². The summed E-state index contributed by atoms with van der Waals surface area (Å²) in [6.45, 7) is 2.17. The Kier molecular flexibility index (Phi) is 8.06. The van der Waals surface area contributed by atoms with Gasteiger partial charge in [-0.25, -0.2) is 9.59 Å². The summed E-state index contributed by atoms with van der Waals surface area (Å²) in [5.74, 6) is -1.75. The molecule has 1 aliphatic carbocycles. The number of fused-ring (bicyclic) bond motifs is 3. The molecule has 0 heterocycles. The van der Waals surface area contributed by atoms with E-state index in [-0.39, 0.29) is 19.1 Å². The fourth-order valence-corrected chi connectivity index (χ4v) is 4.16. The molecule has 2 aromatic rings. The Labute approximate surface area is 193 Å². The first-order chi connectivity index (χ1) is 15.8. The van der Waals surface area contributed by atoms with Gasteiger partial charge in [-0.05, 0) is 42.8 Å². The van der Waals surface area contributed by atoms with Crippen LogP contribution in [0.3, 0.4) is 0 Å². The number of ether oxygens (including phenoxy) is 1. The molecule has 0 saturated heterocycles. The minimum Gasteiger partial charge on any atom is -0.480 e. The summed E-state index contributed by atoms with van der Waals surface area (Å²) in [6, 6.07) is 14.1. The van der Waals surface area contributed by atoms with Crippen LogP contribution in [-0.2, 0) is 14.3 Å². The first-order valence-electron chi connectivity index (χ1n) is 11.1. The molecule has 0 saturated carbocycles. The summed E-state index contributed by atoms with van der Waals surface area (Å²) in [6.07, 6.45) is 0.192. The van der Waals surface area contributed by atoms with E-state index in [9.17, 15) is 19.5 Å². The van der Waals surface area contributed by atoms with Crippen molar-refractivity contribution in [2.45, 2.75) is 37.8 Å². The maximum Gasteiger partial charge on any atom is 0.407 e. The summed E-state index contributed by atoms with van der Waals surface area (Å²) in [5.41, 5.74) is 4.45. The van der Waals surface area contributed by atoms with Crippen molar-refractivity contribution >= 4 is 18.0 Å². The van der Waals surface area contributed by atoms with Crippen molar-refractivity contribution in [3.05, 3.63) is 59.7 Å². The number of carbonyl (C=O) groups excluding carboxylic acids is 2. The number of amides is 2. The van der Waals surface area contributed by atoms with Crippen molar-refractivity contribution in [2.75, 3.05) is 27.2 Å². The van der Waals surface area contributed by atoms with E-state index in [0.29, 0.717) is 12.8 Å². The van der Waals surface area contributed by atoms with Crippen LogP contribution < -0.4 is 10.6 Å². The lowest BCUT2D eigenvalue weighted by Gasteiger charge is -2.24. The van der Waals surface area contributed by atoms with Gasteiger partial charge in [0.05, 0.1) is 0 Å². The molecule has 176 valence electrons. The van der Waals surface area contributed by atoms with Crippen molar-refractivity contribution in [3.63, 3.8) is 0 Å². The SMILES string of the molecule is CCC[C@@H](NC(=O)[C@H](CN(C)C)NC(=O)OCC1c2ccccc2-c2ccccc21)C(=O)O. The molecule has 2 atom stereocenters. The molecule has 8 nitrogen and oxygen atoms in total. The number of hydrogen-bond acceptors (Lipinski definition) is 5. The maximum atomic E-state index is 12.7. The number of carbonyl (C=O) groups is 3. The minimum atomic E-state index is -1.10. The number of benzene rings is 2. The maximum absolute atomic E-state index is 12.7. The second-order valence-corrected chi connectivity index (χ2v) is 8.47. The Morgan fingerprint density at radius 1 is 0.970 bits per heavy atom. The standard InChI is InChI=1S/C25H31N3O5/c1-4-9-21(24(30)31)26-23(29)22(14-28(2)3)27-25(32)33-15-20-18-12-7-5-10-16(18)17-11-6-8-13-19(17)20/h5-8,10-13,20-22H,4,9,14-15H2,1-3H3,(H,26,29)(H,27,32)(H,30,31)/t21-,22+/m1/s1. The summed E-state index contributed by atoms with van der Waals surface area (Å²) < 4.78 is 5.54. The Morgan fingerprint density at radius 3 is 2.06 bits per heavy atom. The third kappa shape index (κ3) is 5.90. The van der Waals surface area contributed by atoms with Crippen LogP contribution in [0.15, 0.2) is 48.5 Å². The van der Waals surface area contributed by atoms with Crippen molar-refractivity contribution < 1.29 is 24.2 Å². The van der Waals surface area contributed by atoms with Gasteiger partial charge in [-0.2, -0.15) is 0 Å². The molecule has 1 aliphatic rings. The third-order valence-electron chi connectivity index (χ3n) is 5.69.